The second kappa shape index (κ2) is 7.14. The van der Waals surface area contributed by atoms with Crippen molar-refractivity contribution in [1.82, 2.24) is 5.32 Å². The molecule has 2 aromatic carbocycles. The van der Waals surface area contributed by atoms with E-state index in [2.05, 4.69) is 5.32 Å². The second-order valence-electron chi connectivity index (χ2n) is 6.49. The van der Waals surface area contributed by atoms with Crippen molar-refractivity contribution in [2.45, 2.75) is 31.7 Å². The zero-order valence-electron chi connectivity index (χ0n) is 13.7. The van der Waals surface area contributed by atoms with Gasteiger partial charge in [0.25, 0.3) is 0 Å². The Kier molecular flexibility index (Phi) is 4.95. The molecular formula is C20H22FNO2. The fraction of sp³-hybridized carbons (Fsp3) is 0.350. The molecule has 1 fully saturated rings. The first-order valence-corrected chi connectivity index (χ1v) is 8.31. The summed E-state index contributed by atoms with van der Waals surface area (Å²) in [6.45, 7) is 2.03. The number of rotatable bonds is 6. The van der Waals surface area contributed by atoms with Crippen LogP contribution >= 0.6 is 0 Å². The first-order chi connectivity index (χ1) is 11.6. The Morgan fingerprint density at radius 1 is 1.29 bits per heavy atom. The highest BCUT2D eigenvalue weighted by atomic mass is 19.1. The maximum absolute atomic E-state index is 13.0. The number of halogens is 1. The van der Waals surface area contributed by atoms with Crippen molar-refractivity contribution in [3.05, 3.63) is 71.0 Å². The Morgan fingerprint density at radius 3 is 2.71 bits per heavy atom. The summed E-state index contributed by atoms with van der Waals surface area (Å²) in [4.78, 5) is 12.5. The van der Waals surface area contributed by atoms with Crippen LogP contribution < -0.4 is 5.32 Å². The van der Waals surface area contributed by atoms with E-state index >= 15 is 0 Å². The highest BCUT2D eigenvalue weighted by molar-refractivity contribution is 5.83. The summed E-state index contributed by atoms with van der Waals surface area (Å²) in [6.07, 6.45) is 1.28. The molecule has 3 nitrogen and oxygen atoms in total. The van der Waals surface area contributed by atoms with Crippen LogP contribution in [0.2, 0.25) is 0 Å². The minimum atomic E-state index is -0.261. The van der Waals surface area contributed by atoms with Crippen molar-refractivity contribution in [3.63, 3.8) is 0 Å². The fourth-order valence-electron chi connectivity index (χ4n) is 3.18. The average molecular weight is 327 g/mol. The van der Waals surface area contributed by atoms with E-state index in [0.717, 1.165) is 23.1 Å². The molecule has 2 aromatic rings. The van der Waals surface area contributed by atoms with Gasteiger partial charge in [0.15, 0.2) is 0 Å². The van der Waals surface area contributed by atoms with E-state index in [1.807, 2.05) is 31.2 Å². The molecule has 0 unspecified atom stereocenters. The van der Waals surface area contributed by atoms with Gasteiger partial charge >= 0.3 is 0 Å². The van der Waals surface area contributed by atoms with E-state index in [9.17, 15) is 14.3 Å². The molecule has 2 N–H and O–H groups in total. The van der Waals surface area contributed by atoms with Crippen molar-refractivity contribution in [2.24, 2.45) is 5.92 Å². The van der Waals surface area contributed by atoms with Gasteiger partial charge in [-0.05, 0) is 48.9 Å². The highest BCUT2D eigenvalue weighted by Gasteiger charge is 2.44. The van der Waals surface area contributed by atoms with Gasteiger partial charge in [0, 0.05) is 12.5 Å². The van der Waals surface area contributed by atoms with Gasteiger partial charge in [0.1, 0.15) is 5.82 Å². The maximum atomic E-state index is 13.0. The third-order valence-electron chi connectivity index (χ3n) is 4.60. The molecule has 3 rings (SSSR count). The summed E-state index contributed by atoms with van der Waals surface area (Å²) in [5.74, 6) is -0.161. The van der Waals surface area contributed by atoms with Crippen LogP contribution in [-0.4, -0.2) is 17.6 Å². The normalized spacial score (nSPS) is 20.5. The standard InChI is InChI=1S/C20H22FNO2/c1-13-3-2-4-15(11-13)19(9-10-23)22-20(24)18-12-17(18)14-5-7-16(21)8-6-14/h2-8,11,17-19,23H,9-10,12H2,1H3,(H,22,24)/t17-,18+,19+/m1/s1. The van der Waals surface area contributed by atoms with Crippen LogP contribution in [0.4, 0.5) is 4.39 Å². The van der Waals surface area contributed by atoms with E-state index < -0.39 is 0 Å². The van der Waals surface area contributed by atoms with Gasteiger partial charge in [-0.15, -0.1) is 0 Å². The number of carbonyl (C=O) groups is 1. The summed E-state index contributed by atoms with van der Waals surface area (Å²) in [5, 5.41) is 12.4. The van der Waals surface area contributed by atoms with Crippen LogP contribution in [0.3, 0.4) is 0 Å². The fourth-order valence-corrected chi connectivity index (χ4v) is 3.18. The first-order valence-electron chi connectivity index (χ1n) is 8.31. The van der Waals surface area contributed by atoms with E-state index in [4.69, 9.17) is 0 Å². The Balaban J connectivity index is 1.65. The number of aliphatic hydroxyl groups is 1. The molecule has 0 aromatic heterocycles. The molecule has 0 saturated heterocycles. The van der Waals surface area contributed by atoms with Crippen molar-refractivity contribution in [3.8, 4) is 0 Å². The molecule has 0 radical (unpaired) electrons. The Labute approximate surface area is 141 Å². The number of amides is 1. The lowest BCUT2D eigenvalue weighted by Crippen LogP contribution is -2.30. The number of hydrogen-bond acceptors (Lipinski definition) is 2. The third-order valence-corrected chi connectivity index (χ3v) is 4.60. The van der Waals surface area contributed by atoms with Gasteiger partial charge in [0.05, 0.1) is 6.04 Å². The van der Waals surface area contributed by atoms with E-state index in [1.165, 1.54) is 12.1 Å². The summed E-state index contributed by atoms with van der Waals surface area (Å²) in [7, 11) is 0. The van der Waals surface area contributed by atoms with Gasteiger partial charge in [-0.1, -0.05) is 42.0 Å². The average Bonchev–Trinajstić information content (AvgIpc) is 3.36. The molecular weight excluding hydrogens is 305 g/mol. The molecule has 1 saturated carbocycles. The summed E-state index contributed by atoms with van der Waals surface area (Å²) < 4.78 is 13.0. The molecule has 1 aliphatic rings. The zero-order chi connectivity index (χ0) is 17.1. The molecule has 0 heterocycles. The maximum Gasteiger partial charge on any atom is 0.224 e. The Hall–Kier alpha value is -2.20. The SMILES string of the molecule is Cc1cccc([C@H](CCO)NC(=O)[C@H]2C[C@@H]2c2ccc(F)cc2)c1. The van der Waals surface area contributed by atoms with E-state index in [-0.39, 0.29) is 36.2 Å². The van der Waals surface area contributed by atoms with Gasteiger partial charge in [-0.25, -0.2) is 4.39 Å². The number of aryl methyl sites for hydroxylation is 1. The number of benzene rings is 2. The topological polar surface area (TPSA) is 49.3 Å². The largest absolute Gasteiger partial charge is 0.396 e. The van der Waals surface area contributed by atoms with Crippen LogP contribution in [0.5, 0.6) is 0 Å². The predicted octanol–water partition coefficient (Wildman–Crippen LogP) is 3.48. The van der Waals surface area contributed by atoms with Crippen LogP contribution in [-0.2, 0) is 4.79 Å². The number of aliphatic hydroxyl groups excluding tert-OH is 1. The number of hydrogen-bond donors (Lipinski definition) is 2. The molecule has 3 atom stereocenters. The summed E-state index contributed by atoms with van der Waals surface area (Å²) >= 11 is 0. The predicted molar refractivity (Wildman–Crippen MR) is 91.0 cm³/mol. The van der Waals surface area contributed by atoms with Crippen molar-refractivity contribution in [1.29, 1.82) is 0 Å². The Bertz CT molecular complexity index is 714. The third kappa shape index (κ3) is 3.82. The molecule has 24 heavy (non-hydrogen) atoms. The Morgan fingerprint density at radius 2 is 2.04 bits per heavy atom. The highest BCUT2D eigenvalue weighted by Crippen LogP contribution is 2.47. The minimum Gasteiger partial charge on any atom is -0.396 e. The van der Waals surface area contributed by atoms with Crippen LogP contribution in [0.15, 0.2) is 48.5 Å². The lowest BCUT2D eigenvalue weighted by Gasteiger charge is -2.19. The lowest BCUT2D eigenvalue weighted by molar-refractivity contribution is -0.123. The lowest BCUT2D eigenvalue weighted by atomic mass is 10.0. The number of nitrogens with one attached hydrogen (secondary N) is 1. The monoisotopic (exact) mass is 327 g/mol. The second-order valence-corrected chi connectivity index (χ2v) is 6.49. The van der Waals surface area contributed by atoms with Crippen molar-refractivity contribution < 1.29 is 14.3 Å². The number of carbonyl (C=O) groups excluding carboxylic acids is 1. The zero-order valence-corrected chi connectivity index (χ0v) is 13.7. The molecule has 4 heteroatoms. The van der Waals surface area contributed by atoms with E-state index in [1.54, 1.807) is 12.1 Å². The molecule has 126 valence electrons. The molecule has 0 bridgehead atoms. The van der Waals surface area contributed by atoms with Gasteiger partial charge in [0.2, 0.25) is 5.91 Å². The van der Waals surface area contributed by atoms with Crippen LogP contribution in [0.25, 0.3) is 0 Å². The van der Waals surface area contributed by atoms with Crippen molar-refractivity contribution >= 4 is 5.91 Å². The van der Waals surface area contributed by atoms with Gasteiger partial charge in [-0.2, -0.15) is 0 Å². The van der Waals surface area contributed by atoms with Crippen LogP contribution in [0.1, 0.15) is 41.5 Å². The summed E-state index contributed by atoms with van der Waals surface area (Å²) in [6, 6.07) is 14.2. The van der Waals surface area contributed by atoms with E-state index in [0.29, 0.717) is 6.42 Å². The van der Waals surface area contributed by atoms with Gasteiger partial charge < -0.3 is 10.4 Å². The summed E-state index contributed by atoms with van der Waals surface area (Å²) in [5.41, 5.74) is 3.14. The molecule has 0 spiro atoms. The first kappa shape index (κ1) is 16.7. The smallest absolute Gasteiger partial charge is 0.224 e. The quantitative estimate of drug-likeness (QED) is 0.853. The molecule has 1 aliphatic carbocycles. The van der Waals surface area contributed by atoms with Crippen molar-refractivity contribution in [2.75, 3.05) is 6.61 Å². The molecule has 1 amide bonds. The van der Waals surface area contributed by atoms with Gasteiger partial charge in [-0.3, -0.25) is 4.79 Å². The minimum absolute atomic E-state index is 0.00396. The molecule has 0 aliphatic heterocycles. The van der Waals surface area contributed by atoms with Crippen LogP contribution in [0, 0.1) is 18.7 Å².